The van der Waals surface area contributed by atoms with E-state index >= 15 is 0 Å². The minimum Gasteiger partial charge on any atom is -0.200 e. The summed E-state index contributed by atoms with van der Waals surface area (Å²) in [7, 11) is -3.63. The zero-order valence-corrected chi connectivity index (χ0v) is 14.1. The normalized spacial score (nSPS) is 11.8. The van der Waals surface area contributed by atoms with Crippen LogP contribution in [0.2, 0.25) is 0 Å². The Hall–Kier alpha value is -1.66. The Bertz CT molecular complexity index is 749. The second kappa shape index (κ2) is 6.41. The number of hydrogen-bond donors (Lipinski definition) is 1. The molecule has 0 radical (unpaired) electrons. The quantitative estimate of drug-likeness (QED) is 0.665. The first kappa shape index (κ1) is 15.7. The Labute approximate surface area is 133 Å². The maximum Gasteiger partial charge on any atom is 0.276 e. The summed E-state index contributed by atoms with van der Waals surface area (Å²) in [6, 6.07) is 12.3. The van der Waals surface area contributed by atoms with Gasteiger partial charge in [-0.15, -0.1) is 0 Å². The van der Waals surface area contributed by atoms with Crippen molar-refractivity contribution in [1.82, 2.24) is 4.83 Å². The Morgan fingerprint density at radius 2 is 1.71 bits per heavy atom. The Balaban J connectivity index is 2.14. The number of benzene rings is 2. The first-order chi connectivity index (χ1) is 9.87. The largest absolute Gasteiger partial charge is 0.276 e. The lowest BCUT2D eigenvalue weighted by molar-refractivity contribution is 0.584. The second-order valence-corrected chi connectivity index (χ2v) is 7.30. The molecule has 2 aromatic carbocycles. The minimum absolute atomic E-state index is 0.190. The summed E-state index contributed by atoms with van der Waals surface area (Å²) < 4.78 is 25.0. The van der Waals surface area contributed by atoms with E-state index in [-0.39, 0.29) is 4.90 Å². The fourth-order valence-electron chi connectivity index (χ4n) is 1.78. The van der Waals surface area contributed by atoms with Gasteiger partial charge in [-0.2, -0.15) is 13.5 Å². The van der Waals surface area contributed by atoms with E-state index in [4.69, 9.17) is 0 Å². The van der Waals surface area contributed by atoms with Crippen LogP contribution < -0.4 is 4.83 Å². The third-order valence-electron chi connectivity index (χ3n) is 2.78. The molecule has 0 saturated heterocycles. The van der Waals surface area contributed by atoms with Crippen molar-refractivity contribution in [2.24, 2.45) is 5.10 Å². The molecule has 0 atom stereocenters. The van der Waals surface area contributed by atoms with Crippen LogP contribution in [0.5, 0.6) is 0 Å². The van der Waals surface area contributed by atoms with E-state index in [1.54, 1.807) is 24.3 Å². The number of nitrogens with one attached hydrogen (secondary N) is 1. The standard InChI is InChI=1S/C15H15BrN2O2S/c1-11-3-5-15(6-4-11)21(19,20)18-17-10-13-7-12(2)8-14(16)9-13/h3-10,18H,1-2H3. The van der Waals surface area contributed by atoms with Crippen LogP contribution in [0.1, 0.15) is 16.7 Å². The molecule has 6 heteroatoms. The van der Waals surface area contributed by atoms with Gasteiger partial charge in [0.15, 0.2) is 0 Å². The van der Waals surface area contributed by atoms with Crippen molar-refractivity contribution in [3.05, 3.63) is 63.6 Å². The van der Waals surface area contributed by atoms with Gasteiger partial charge < -0.3 is 0 Å². The first-order valence-corrected chi connectivity index (χ1v) is 8.53. The Morgan fingerprint density at radius 3 is 2.33 bits per heavy atom. The molecule has 0 heterocycles. The number of aryl methyl sites for hydroxylation is 2. The maximum absolute atomic E-state index is 12.0. The smallest absolute Gasteiger partial charge is 0.200 e. The van der Waals surface area contributed by atoms with Crippen LogP contribution in [0, 0.1) is 13.8 Å². The molecule has 2 aromatic rings. The topological polar surface area (TPSA) is 58.5 Å². The molecule has 110 valence electrons. The van der Waals surface area contributed by atoms with Gasteiger partial charge in [-0.25, -0.2) is 4.83 Å². The molecule has 2 rings (SSSR count). The van der Waals surface area contributed by atoms with Gasteiger partial charge in [0.2, 0.25) is 0 Å². The summed E-state index contributed by atoms with van der Waals surface area (Å²) in [5.74, 6) is 0. The minimum atomic E-state index is -3.63. The fraction of sp³-hybridized carbons (Fsp3) is 0.133. The van der Waals surface area contributed by atoms with E-state index < -0.39 is 10.0 Å². The van der Waals surface area contributed by atoms with E-state index in [2.05, 4.69) is 25.9 Å². The zero-order valence-electron chi connectivity index (χ0n) is 11.7. The van der Waals surface area contributed by atoms with E-state index in [9.17, 15) is 8.42 Å². The molecular formula is C15H15BrN2O2S. The molecule has 0 aliphatic rings. The summed E-state index contributed by atoms with van der Waals surface area (Å²) in [6.45, 7) is 3.86. The Kier molecular flexibility index (Phi) is 4.80. The predicted molar refractivity (Wildman–Crippen MR) is 88.0 cm³/mol. The van der Waals surface area contributed by atoms with Crippen LogP contribution >= 0.6 is 15.9 Å². The lowest BCUT2D eigenvalue weighted by Crippen LogP contribution is -2.18. The lowest BCUT2D eigenvalue weighted by Gasteiger charge is -2.03. The third kappa shape index (κ3) is 4.41. The molecule has 1 N–H and O–H groups in total. The van der Waals surface area contributed by atoms with Crippen LogP contribution in [0.3, 0.4) is 0 Å². The average Bonchev–Trinajstić information content (AvgIpc) is 2.37. The van der Waals surface area contributed by atoms with Gasteiger partial charge in [0.25, 0.3) is 10.0 Å². The van der Waals surface area contributed by atoms with Gasteiger partial charge in [-0.3, -0.25) is 0 Å². The summed E-state index contributed by atoms with van der Waals surface area (Å²) in [6.07, 6.45) is 1.48. The fourth-order valence-corrected chi connectivity index (χ4v) is 3.20. The lowest BCUT2D eigenvalue weighted by atomic mass is 10.2. The van der Waals surface area contributed by atoms with Gasteiger partial charge in [0.05, 0.1) is 11.1 Å². The van der Waals surface area contributed by atoms with Gasteiger partial charge in [0, 0.05) is 4.47 Å². The number of hydrazone groups is 1. The van der Waals surface area contributed by atoms with Gasteiger partial charge in [-0.05, 0) is 49.2 Å². The van der Waals surface area contributed by atoms with E-state index in [1.165, 1.54) is 6.21 Å². The van der Waals surface area contributed by atoms with Crippen molar-refractivity contribution in [3.8, 4) is 0 Å². The summed E-state index contributed by atoms with van der Waals surface area (Å²) >= 11 is 3.39. The maximum atomic E-state index is 12.0. The molecule has 0 aromatic heterocycles. The van der Waals surface area contributed by atoms with Crippen molar-refractivity contribution in [2.45, 2.75) is 18.7 Å². The molecule has 0 aliphatic carbocycles. The zero-order chi connectivity index (χ0) is 15.5. The number of sulfonamides is 1. The highest BCUT2D eigenvalue weighted by Crippen LogP contribution is 2.14. The monoisotopic (exact) mass is 366 g/mol. The second-order valence-electron chi connectivity index (χ2n) is 4.73. The van der Waals surface area contributed by atoms with Gasteiger partial charge in [0.1, 0.15) is 0 Å². The highest BCUT2D eigenvalue weighted by atomic mass is 79.9. The SMILES string of the molecule is Cc1ccc(S(=O)(=O)NN=Cc2cc(C)cc(Br)c2)cc1. The van der Waals surface area contributed by atoms with Gasteiger partial charge >= 0.3 is 0 Å². The van der Waals surface area contributed by atoms with Crippen LogP contribution in [0.15, 0.2) is 56.9 Å². The van der Waals surface area contributed by atoms with Crippen molar-refractivity contribution >= 4 is 32.2 Å². The molecule has 0 amide bonds. The van der Waals surface area contributed by atoms with Crippen LogP contribution in [0.25, 0.3) is 0 Å². The number of rotatable bonds is 4. The predicted octanol–water partition coefficient (Wildman–Crippen LogP) is 3.38. The van der Waals surface area contributed by atoms with Crippen molar-refractivity contribution < 1.29 is 8.42 Å². The van der Waals surface area contributed by atoms with Crippen LogP contribution in [-0.2, 0) is 10.0 Å². The van der Waals surface area contributed by atoms with E-state index in [1.807, 2.05) is 32.0 Å². The molecule has 4 nitrogen and oxygen atoms in total. The van der Waals surface area contributed by atoms with Crippen LogP contribution in [0.4, 0.5) is 0 Å². The number of nitrogens with zero attached hydrogens (tertiary/aromatic N) is 1. The highest BCUT2D eigenvalue weighted by molar-refractivity contribution is 9.10. The molecule has 0 saturated carbocycles. The Morgan fingerprint density at radius 1 is 1.05 bits per heavy atom. The molecule has 0 spiro atoms. The molecule has 21 heavy (non-hydrogen) atoms. The first-order valence-electron chi connectivity index (χ1n) is 6.25. The van der Waals surface area contributed by atoms with Gasteiger partial charge in [-0.1, -0.05) is 39.7 Å². The molecule has 0 aliphatic heterocycles. The molecule has 0 unspecified atom stereocenters. The van der Waals surface area contributed by atoms with E-state index in [0.717, 1.165) is 21.2 Å². The highest BCUT2D eigenvalue weighted by Gasteiger charge is 2.11. The van der Waals surface area contributed by atoms with Crippen molar-refractivity contribution in [1.29, 1.82) is 0 Å². The van der Waals surface area contributed by atoms with Crippen molar-refractivity contribution in [3.63, 3.8) is 0 Å². The van der Waals surface area contributed by atoms with Crippen molar-refractivity contribution in [2.75, 3.05) is 0 Å². The number of halogens is 1. The summed E-state index contributed by atoms with van der Waals surface area (Å²) in [5, 5.41) is 3.81. The number of hydrogen-bond acceptors (Lipinski definition) is 3. The molecule has 0 fully saturated rings. The molecule has 0 bridgehead atoms. The van der Waals surface area contributed by atoms with Crippen LogP contribution in [-0.4, -0.2) is 14.6 Å². The molecular weight excluding hydrogens is 352 g/mol. The third-order valence-corrected chi connectivity index (χ3v) is 4.48. The average molecular weight is 367 g/mol. The summed E-state index contributed by atoms with van der Waals surface area (Å²) in [5.41, 5.74) is 2.88. The van der Waals surface area contributed by atoms with E-state index in [0.29, 0.717) is 0 Å². The summed E-state index contributed by atoms with van der Waals surface area (Å²) in [4.78, 5) is 2.40.